The predicted molar refractivity (Wildman–Crippen MR) is 121 cm³/mol. The minimum absolute atomic E-state index is 0.0954. The largest absolute Gasteiger partial charge is 0.395 e. The fourth-order valence-electron chi connectivity index (χ4n) is 4.25. The van der Waals surface area contributed by atoms with Gasteiger partial charge in [0.2, 0.25) is 0 Å². The number of aromatic nitrogens is 4. The number of aryl methyl sites for hydroxylation is 1. The molecule has 3 aromatic heterocycles. The van der Waals surface area contributed by atoms with Gasteiger partial charge in [-0.25, -0.2) is 9.97 Å². The molecule has 4 heterocycles. The van der Waals surface area contributed by atoms with E-state index in [1.807, 2.05) is 29.6 Å². The van der Waals surface area contributed by atoms with Crippen LogP contribution in [0.25, 0.3) is 15.9 Å². The van der Waals surface area contributed by atoms with Gasteiger partial charge in [-0.15, -0.1) is 16.4 Å². The molecule has 1 N–H and O–H groups in total. The molecule has 1 aromatic carbocycles. The van der Waals surface area contributed by atoms with E-state index in [9.17, 15) is 5.11 Å². The van der Waals surface area contributed by atoms with Crippen molar-refractivity contribution in [1.29, 1.82) is 0 Å². The number of thiophene rings is 1. The first-order valence-electron chi connectivity index (χ1n) is 10.6. The number of benzene rings is 1. The third kappa shape index (κ3) is 3.96. The number of aliphatic hydroxyl groups excluding tert-OH is 1. The first-order valence-corrected chi connectivity index (χ1v) is 11.4. The van der Waals surface area contributed by atoms with Gasteiger partial charge in [0.25, 0.3) is 0 Å². The van der Waals surface area contributed by atoms with Crippen LogP contribution < -0.4 is 0 Å². The molecule has 31 heavy (non-hydrogen) atoms. The molecule has 0 saturated heterocycles. The number of aliphatic hydroxyl groups is 1. The van der Waals surface area contributed by atoms with Gasteiger partial charge in [-0.1, -0.05) is 30.3 Å². The number of nitrogens with zero attached hydrogens (tertiary/aromatic N) is 5. The average molecular weight is 438 g/mol. The van der Waals surface area contributed by atoms with Crippen molar-refractivity contribution >= 4 is 27.2 Å². The van der Waals surface area contributed by atoms with Crippen molar-refractivity contribution in [3.8, 4) is 0 Å². The van der Waals surface area contributed by atoms with Gasteiger partial charge in [-0.3, -0.25) is 4.90 Å². The summed E-state index contributed by atoms with van der Waals surface area (Å²) in [6.45, 7) is 8.82. The number of ether oxygens (including phenoxy) is 1. The van der Waals surface area contributed by atoms with Crippen LogP contribution >= 0.6 is 11.3 Å². The average Bonchev–Trinajstić information content (AvgIpc) is 3.29. The van der Waals surface area contributed by atoms with Gasteiger partial charge >= 0.3 is 0 Å². The summed E-state index contributed by atoms with van der Waals surface area (Å²) in [4.78, 5) is 14.2. The quantitative estimate of drug-likeness (QED) is 0.498. The van der Waals surface area contributed by atoms with Gasteiger partial charge < -0.3 is 9.84 Å². The van der Waals surface area contributed by atoms with Gasteiger partial charge in [0.1, 0.15) is 10.7 Å². The maximum Gasteiger partial charge on any atom is 0.168 e. The van der Waals surface area contributed by atoms with Crippen molar-refractivity contribution in [3.05, 3.63) is 58.0 Å². The summed E-state index contributed by atoms with van der Waals surface area (Å²) in [5, 5.41) is 15.5. The van der Waals surface area contributed by atoms with Crippen LogP contribution in [0.5, 0.6) is 0 Å². The highest BCUT2D eigenvalue weighted by Gasteiger charge is 2.31. The lowest BCUT2D eigenvalue weighted by Gasteiger charge is -2.30. The zero-order chi connectivity index (χ0) is 21.6. The Balaban J connectivity index is 1.53. The molecule has 0 aliphatic carbocycles. The summed E-state index contributed by atoms with van der Waals surface area (Å²) in [7, 11) is 0. The maximum atomic E-state index is 9.56. The molecule has 8 heteroatoms. The Hall–Kier alpha value is -2.39. The fourth-order valence-corrected chi connectivity index (χ4v) is 5.39. The lowest BCUT2D eigenvalue weighted by Crippen LogP contribution is -2.31. The Morgan fingerprint density at radius 1 is 1.19 bits per heavy atom. The van der Waals surface area contributed by atoms with E-state index in [1.54, 1.807) is 11.3 Å². The summed E-state index contributed by atoms with van der Waals surface area (Å²) in [6, 6.07) is 10.3. The molecule has 0 bridgehead atoms. The van der Waals surface area contributed by atoms with Crippen molar-refractivity contribution in [2.75, 3.05) is 13.2 Å². The van der Waals surface area contributed by atoms with Crippen LogP contribution in [-0.4, -0.2) is 48.3 Å². The topological polar surface area (TPSA) is 75.8 Å². The zero-order valence-corrected chi connectivity index (χ0v) is 18.9. The standard InChI is InChI=1S/C23H27N5O2S/c1-15-24-22-20(17-11-23(2,3)30-14-18(17)31-22)21-25-19(26-28(15)21)13-27(9-10-29)12-16-7-5-4-6-8-16/h4-8,29H,9-14H2,1-3H3. The lowest BCUT2D eigenvalue weighted by atomic mass is 9.94. The van der Waals surface area contributed by atoms with E-state index in [-0.39, 0.29) is 12.2 Å². The summed E-state index contributed by atoms with van der Waals surface area (Å²) in [6.07, 6.45) is 0.843. The Labute approximate surface area is 185 Å². The molecule has 0 spiro atoms. The van der Waals surface area contributed by atoms with E-state index in [2.05, 4.69) is 30.9 Å². The van der Waals surface area contributed by atoms with Gasteiger partial charge in [0.15, 0.2) is 11.5 Å². The smallest absolute Gasteiger partial charge is 0.168 e. The van der Waals surface area contributed by atoms with E-state index >= 15 is 0 Å². The lowest BCUT2D eigenvalue weighted by molar-refractivity contribution is -0.0379. The van der Waals surface area contributed by atoms with Crippen molar-refractivity contribution in [2.24, 2.45) is 0 Å². The van der Waals surface area contributed by atoms with Crippen LogP contribution in [-0.2, 0) is 30.9 Å². The van der Waals surface area contributed by atoms with Crippen LogP contribution in [0, 0.1) is 6.92 Å². The van der Waals surface area contributed by atoms with Crippen molar-refractivity contribution in [3.63, 3.8) is 0 Å². The van der Waals surface area contributed by atoms with Gasteiger partial charge in [-0.05, 0) is 31.9 Å². The van der Waals surface area contributed by atoms with Crippen LogP contribution in [0.1, 0.15) is 41.5 Å². The van der Waals surface area contributed by atoms with Crippen LogP contribution in [0.3, 0.4) is 0 Å². The van der Waals surface area contributed by atoms with E-state index in [0.717, 1.165) is 40.5 Å². The Morgan fingerprint density at radius 3 is 2.77 bits per heavy atom. The van der Waals surface area contributed by atoms with Crippen LogP contribution in [0.2, 0.25) is 0 Å². The highest BCUT2D eigenvalue weighted by molar-refractivity contribution is 7.19. The summed E-state index contributed by atoms with van der Waals surface area (Å²) in [5.74, 6) is 1.57. The molecule has 0 saturated carbocycles. The minimum atomic E-state index is -0.195. The predicted octanol–water partition coefficient (Wildman–Crippen LogP) is 3.49. The van der Waals surface area contributed by atoms with E-state index in [4.69, 9.17) is 19.8 Å². The number of hydrogen-bond acceptors (Lipinski definition) is 7. The van der Waals surface area contributed by atoms with E-state index < -0.39 is 0 Å². The zero-order valence-electron chi connectivity index (χ0n) is 18.1. The molecular weight excluding hydrogens is 410 g/mol. The third-order valence-corrected chi connectivity index (χ3v) is 6.84. The van der Waals surface area contributed by atoms with Crippen molar-refractivity contribution in [1.82, 2.24) is 24.5 Å². The molecular formula is C23H27N5O2S. The maximum absolute atomic E-state index is 9.56. The van der Waals surface area contributed by atoms with Gasteiger partial charge in [0, 0.05) is 24.4 Å². The highest BCUT2D eigenvalue weighted by atomic mass is 32.1. The molecule has 0 atom stereocenters. The Morgan fingerprint density at radius 2 is 2.00 bits per heavy atom. The van der Waals surface area contributed by atoms with Crippen LogP contribution in [0.4, 0.5) is 0 Å². The Kier molecular flexibility index (Phi) is 5.26. The molecule has 4 aromatic rings. The van der Waals surface area contributed by atoms with Crippen LogP contribution in [0.15, 0.2) is 30.3 Å². The Bertz CT molecular complexity index is 1230. The second-order valence-electron chi connectivity index (χ2n) is 8.75. The van der Waals surface area contributed by atoms with Gasteiger partial charge in [0.05, 0.1) is 30.7 Å². The summed E-state index contributed by atoms with van der Waals surface area (Å²) in [5.41, 5.74) is 3.17. The SMILES string of the molecule is Cc1nc2sc3c(c2c2nc(CN(CCO)Cc4ccccc4)nn12)CC(C)(C)OC3. The monoisotopic (exact) mass is 437 g/mol. The molecule has 0 radical (unpaired) electrons. The number of rotatable bonds is 6. The molecule has 0 amide bonds. The molecule has 0 fully saturated rings. The molecule has 162 valence electrons. The third-order valence-electron chi connectivity index (χ3n) is 5.74. The second-order valence-corrected chi connectivity index (χ2v) is 9.84. The normalized spacial score (nSPS) is 15.8. The molecule has 5 rings (SSSR count). The minimum Gasteiger partial charge on any atom is -0.395 e. The molecule has 1 aliphatic heterocycles. The summed E-state index contributed by atoms with van der Waals surface area (Å²) < 4.78 is 7.88. The molecule has 0 unspecified atom stereocenters. The number of hydrogen-bond donors (Lipinski definition) is 1. The van der Waals surface area contributed by atoms with Crippen molar-refractivity contribution in [2.45, 2.75) is 52.5 Å². The summed E-state index contributed by atoms with van der Waals surface area (Å²) >= 11 is 1.70. The van der Waals surface area contributed by atoms with Crippen molar-refractivity contribution < 1.29 is 9.84 Å². The highest BCUT2D eigenvalue weighted by Crippen LogP contribution is 2.39. The van der Waals surface area contributed by atoms with E-state index in [0.29, 0.717) is 19.7 Å². The first kappa shape index (κ1) is 20.5. The molecule has 7 nitrogen and oxygen atoms in total. The fraction of sp³-hybridized carbons (Fsp3) is 0.435. The first-order chi connectivity index (χ1) is 14.9. The second kappa shape index (κ2) is 7.94. The van der Waals surface area contributed by atoms with E-state index in [1.165, 1.54) is 16.0 Å². The molecule has 1 aliphatic rings. The van der Waals surface area contributed by atoms with Gasteiger partial charge in [-0.2, -0.15) is 4.52 Å². The number of fused-ring (bicyclic) bond motifs is 5.